The second-order valence-electron chi connectivity index (χ2n) is 1.47. The van der Waals surface area contributed by atoms with Crippen molar-refractivity contribution in [1.82, 2.24) is 4.90 Å². The van der Waals surface area contributed by atoms with Gasteiger partial charge in [-0.3, -0.25) is 0 Å². The molecule has 3 heteroatoms. The summed E-state index contributed by atoms with van der Waals surface area (Å²) in [7, 11) is 0. The number of nitrogens with zero attached hydrogens (tertiary/aromatic N) is 2. The topological polar surface area (TPSA) is 53.0 Å². The summed E-state index contributed by atoms with van der Waals surface area (Å²) >= 11 is 0. The third-order valence-electron chi connectivity index (χ3n) is 0.922. The second kappa shape index (κ2) is 4.41. The van der Waals surface area contributed by atoms with Gasteiger partial charge in [0.2, 0.25) is 0 Å². The van der Waals surface area contributed by atoms with Gasteiger partial charge in [-0.25, -0.2) is 0 Å². The number of likely N-dealkylation sites (N-methyl/N-ethyl adjacent to an activating group) is 1. The summed E-state index contributed by atoms with van der Waals surface area (Å²) in [6.45, 7) is 3.92. The first-order valence-corrected chi connectivity index (χ1v) is 2.70. The number of rotatable bonds is 3. The van der Waals surface area contributed by atoms with Crippen LogP contribution in [0.1, 0.15) is 6.92 Å². The number of hydrogen-bond acceptors (Lipinski definition) is 3. The Balaban J connectivity index is 3.26. The average molecular weight is 113 g/mol. The van der Waals surface area contributed by atoms with Crippen molar-refractivity contribution in [2.45, 2.75) is 6.92 Å². The number of nitrogens with two attached hydrogens (primary N) is 1. The van der Waals surface area contributed by atoms with Gasteiger partial charge in [0.25, 0.3) is 0 Å². The molecule has 0 amide bonds. The van der Waals surface area contributed by atoms with Crippen LogP contribution in [-0.2, 0) is 0 Å². The molecule has 0 aliphatic carbocycles. The summed E-state index contributed by atoms with van der Waals surface area (Å²) in [6, 6.07) is 0. The van der Waals surface area contributed by atoms with Crippen molar-refractivity contribution in [2.24, 2.45) is 5.73 Å². The second-order valence-corrected chi connectivity index (χ2v) is 1.47. The zero-order valence-electron chi connectivity index (χ0n) is 5.09. The highest BCUT2D eigenvalue weighted by molar-refractivity contribution is 4.71. The molecule has 0 aromatic heterocycles. The highest BCUT2D eigenvalue weighted by Crippen LogP contribution is 1.78. The Morgan fingerprint density at radius 3 is 2.50 bits per heavy atom. The predicted molar refractivity (Wildman–Crippen MR) is 31.9 cm³/mol. The Kier molecular flexibility index (Phi) is 4.00. The van der Waals surface area contributed by atoms with Crippen LogP contribution >= 0.6 is 0 Å². The molecule has 0 heterocycles. The lowest BCUT2D eigenvalue weighted by atomic mass is 10.5. The zero-order chi connectivity index (χ0) is 6.41. The molecular weight excluding hydrogens is 102 g/mol. The Bertz CT molecular complexity index is 84.2. The minimum Gasteiger partial charge on any atom is -0.329 e. The van der Waals surface area contributed by atoms with E-state index in [0.29, 0.717) is 13.1 Å². The Labute approximate surface area is 49.7 Å². The molecule has 0 atom stereocenters. The largest absolute Gasteiger partial charge is 0.329 e. The first-order valence-electron chi connectivity index (χ1n) is 2.70. The molecule has 2 N–H and O–H groups in total. The van der Waals surface area contributed by atoms with Crippen LogP contribution in [0, 0.1) is 11.5 Å². The molecule has 8 heavy (non-hydrogen) atoms. The molecule has 0 fully saturated rings. The van der Waals surface area contributed by atoms with E-state index in [4.69, 9.17) is 11.0 Å². The fraction of sp³-hybridized carbons (Fsp3) is 0.800. The molecule has 0 aliphatic rings. The zero-order valence-corrected chi connectivity index (χ0v) is 5.09. The van der Waals surface area contributed by atoms with Gasteiger partial charge in [0, 0.05) is 19.6 Å². The van der Waals surface area contributed by atoms with Crippen LogP contribution in [0.25, 0.3) is 0 Å². The van der Waals surface area contributed by atoms with Gasteiger partial charge in [0.05, 0.1) is 0 Å². The van der Waals surface area contributed by atoms with E-state index in [9.17, 15) is 0 Å². The summed E-state index contributed by atoms with van der Waals surface area (Å²) in [6.07, 6.45) is 2.01. The van der Waals surface area contributed by atoms with E-state index in [1.807, 2.05) is 13.1 Å². The van der Waals surface area contributed by atoms with Crippen molar-refractivity contribution in [2.75, 3.05) is 19.6 Å². The molecule has 0 radical (unpaired) electrons. The molecule has 0 rings (SSSR count). The fourth-order valence-electron chi connectivity index (χ4n) is 0.435. The van der Waals surface area contributed by atoms with E-state index in [-0.39, 0.29) is 0 Å². The summed E-state index contributed by atoms with van der Waals surface area (Å²) < 4.78 is 0. The highest BCUT2D eigenvalue weighted by Gasteiger charge is 1.91. The summed E-state index contributed by atoms with van der Waals surface area (Å²) in [5, 5.41) is 8.28. The quantitative estimate of drug-likeness (QED) is 0.405. The van der Waals surface area contributed by atoms with Gasteiger partial charge in [-0.15, -0.1) is 0 Å². The number of hydrogen-bond donors (Lipinski definition) is 1. The molecular formula is C5H11N3. The van der Waals surface area contributed by atoms with Gasteiger partial charge >= 0.3 is 0 Å². The first-order chi connectivity index (χ1) is 3.85. The van der Waals surface area contributed by atoms with Crippen LogP contribution < -0.4 is 5.73 Å². The van der Waals surface area contributed by atoms with Gasteiger partial charge < -0.3 is 10.6 Å². The van der Waals surface area contributed by atoms with E-state index >= 15 is 0 Å². The molecule has 0 saturated carbocycles. The lowest BCUT2D eigenvalue weighted by Crippen LogP contribution is -2.24. The minimum atomic E-state index is 0.557. The van der Waals surface area contributed by atoms with Crippen molar-refractivity contribution in [3.8, 4) is 6.19 Å². The monoisotopic (exact) mass is 113 g/mol. The van der Waals surface area contributed by atoms with Crippen LogP contribution in [0.5, 0.6) is 0 Å². The molecule has 46 valence electrons. The molecule has 0 spiro atoms. The standard InChI is InChI=1S/C5H11N3/c1-2-8(5-7)4-3-6/h2-4,6H2,1H3. The van der Waals surface area contributed by atoms with Crippen LogP contribution in [0.4, 0.5) is 0 Å². The van der Waals surface area contributed by atoms with Gasteiger partial charge in [0.15, 0.2) is 6.19 Å². The van der Waals surface area contributed by atoms with Gasteiger partial charge in [0.1, 0.15) is 0 Å². The third-order valence-corrected chi connectivity index (χ3v) is 0.922. The van der Waals surface area contributed by atoms with Crippen molar-refractivity contribution in [3.63, 3.8) is 0 Å². The van der Waals surface area contributed by atoms with Crippen LogP contribution in [0.15, 0.2) is 0 Å². The third kappa shape index (κ3) is 2.43. The maximum atomic E-state index is 8.28. The molecule has 0 saturated heterocycles. The lowest BCUT2D eigenvalue weighted by Gasteiger charge is -2.08. The Morgan fingerprint density at radius 2 is 2.38 bits per heavy atom. The van der Waals surface area contributed by atoms with E-state index in [2.05, 4.69) is 0 Å². The van der Waals surface area contributed by atoms with E-state index < -0.39 is 0 Å². The SMILES string of the molecule is CCN(C#N)CCN. The smallest absolute Gasteiger partial charge is 0.179 e. The van der Waals surface area contributed by atoms with Crippen LogP contribution in [0.2, 0.25) is 0 Å². The Morgan fingerprint density at radius 1 is 1.75 bits per heavy atom. The molecule has 0 aromatic rings. The van der Waals surface area contributed by atoms with Gasteiger partial charge in [-0.05, 0) is 6.92 Å². The van der Waals surface area contributed by atoms with Crippen molar-refractivity contribution >= 4 is 0 Å². The van der Waals surface area contributed by atoms with Crippen molar-refractivity contribution in [1.29, 1.82) is 5.26 Å². The average Bonchev–Trinajstić information content (AvgIpc) is 1.83. The maximum Gasteiger partial charge on any atom is 0.179 e. The van der Waals surface area contributed by atoms with Gasteiger partial charge in [-0.1, -0.05) is 0 Å². The van der Waals surface area contributed by atoms with Crippen molar-refractivity contribution < 1.29 is 0 Å². The number of nitriles is 1. The summed E-state index contributed by atoms with van der Waals surface area (Å²) in [4.78, 5) is 1.61. The minimum absolute atomic E-state index is 0.557. The first kappa shape index (κ1) is 7.25. The van der Waals surface area contributed by atoms with Gasteiger partial charge in [-0.2, -0.15) is 5.26 Å². The molecule has 0 bridgehead atoms. The van der Waals surface area contributed by atoms with Crippen LogP contribution in [0.3, 0.4) is 0 Å². The normalized spacial score (nSPS) is 8.12. The highest BCUT2D eigenvalue weighted by atomic mass is 15.1. The molecule has 3 nitrogen and oxygen atoms in total. The summed E-state index contributed by atoms with van der Waals surface area (Å²) in [5.74, 6) is 0. The van der Waals surface area contributed by atoms with Crippen molar-refractivity contribution in [3.05, 3.63) is 0 Å². The molecule has 0 aliphatic heterocycles. The van der Waals surface area contributed by atoms with E-state index in [0.717, 1.165) is 6.54 Å². The lowest BCUT2D eigenvalue weighted by molar-refractivity contribution is 0.423. The van der Waals surface area contributed by atoms with E-state index in [1.165, 1.54) is 0 Å². The maximum absolute atomic E-state index is 8.28. The van der Waals surface area contributed by atoms with E-state index in [1.54, 1.807) is 4.90 Å². The summed E-state index contributed by atoms with van der Waals surface area (Å²) in [5.41, 5.74) is 5.19. The Hall–Kier alpha value is -0.750. The fourth-order valence-corrected chi connectivity index (χ4v) is 0.435. The predicted octanol–water partition coefficient (Wildman–Crippen LogP) is -0.252. The molecule has 0 unspecified atom stereocenters. The van der Waals surface area contributed by atoms with Crippen LogP contribution in [-0.4, -0.2) is 24.5 Å². The molecule has 0 aromatic carbocycles.